The lowest BCUT2D eigenvalue weighted by atomic mass is 10.0. The van der Waals surface area contributed by atoms with Gasteiger partial charge in [0.05, 0.1) is 10.0 Å². The van der Waals surface area contributed by atoms with E-state index in [2.05, 4.69) is 0 Å². The van der Waals surface area contributed by atoms with Crippen LogP contribution in [0.15, 0.2) is 36.4 Å². The van der Waals surface area contributed by atoms with Crippen molar-refractivity contribution in [3.63, 3.8) is 0 Å². The van der Waals surface area contributed by atoms with Crippen LogP contribution in [0.3, 0.4) is 0 Å². The summed E-state index contributed by atoms with van der Waals surface area (Å²) in [6.45, 7) is 0. The molecule has 0 unspecified atom stereocenters. The molecule has 0 heterocycles. The minimum atomic E-state index is -0.610. The highest BCUT2D eigenvalue weighted by molar-refractivity contribution is 6.35. The molecule has 1 nitrogen and oxygen atoms in total. The molecule has 0 aliphatic carbocycles. The molecule has 4 heteroatoms. The monoisotopic (exact) mass is 255 g/mol. The number of halogens is 3. The molecule has 0 atom stereocenters. The van der Waals surface area contributed by atoms with E-state index < -0.39 is 5.82 Å². The molecule has 0 amide bonds. The van der Waals surface area contributed by atoms with Crippen LogP contribution in [0.4, 0.5) is 10.1 Å². The topological polar surface area (TPSA) is 26.0 Å². The van der Waals surface area contributed by atoms with Gasteiger partial charge in [-0.15, -0.1) is 0 Å². The zero-order valence-corrected chi connectivity index (χ0v) is 9.69. The third kappa shape index (κ3) is 1.99. The Morgan fingerprint density at radius 2 is 1.56 bits per heavy atom. The highest BCUT2D eigenvalue weighted by Gasteiger charge is 2.10. The van der Waals surface area contributed by atoms with Crippen molar-refractivity contribution in [2.75, 3.05) is 5.73 Å². The summed E-state index contributed by atoms with van der Waals surface area (Å²) in [5.74, 6) is -0.610. The zero-order chi connectivity index (χ0) is 11.7. The highest BCUT2D eigenvalue weighted by atomic mass is 35.5. The van der Waals surface area contributed by atoms with Crippen molar-refractivity contribution in [3.8, 4) is 11.1 Å². The average molecular weight is 256 g/mol. The maximum atomic E-state index is 13.2. The molecule has 0 spiro atoms. The third-order valence-corrected chi connectivity index (χ3v) is 2.81. The molecular weight excluding hydrogens is 248 g/mol. The first-order chi connectivity index (χ1) is 7.59. The van der Waals surface area contributed by atoms with Crippen molar-refractivity contribution in [2.45, 2.75) is 0 Å². The van der Waals surface area contributed by atoms with Crippen LogP contribution in [0, 0.1) is 5.82 Å². The molecule has 0 aliphatic heterocycles. The Morgan fingerprint density at radius 1 is 1.00 bits per heavy atom. The normalized spacial score (nSPS) is 10.4. The number of nitrogens with two attached hydrogens (primary N) is 1. The molecular formula is C12H8Cl2FN. The van der Waals surface area contributed by atoms with Gasteiger partial charge in [0.15, 0.2) is 5.82 Å². The number of benzene rings is 2. The highest BCUT2D eigenvalue weighted by Crippen LogP contribution is 2.32. The number of hydrogen-bond donors (Lipinski definition) is 1. The van der Waals surface area contributed by atoms with Gasteiger partial charge in [0.2, 0.25) is 0 Å². The minimum Gasteiger partial charge on any atom is -0.398 e. The fraction of sp³-hybridized carbons (Fsp3) is 0. The molecule has 0 radical (unpaired) electrons. The van der Waals surface area contributed by atoms with Gasteiger partial charge >= 0.3 is 0 Å². The van der Waals surface area contributed by atoms with Gasteiger partial charge in [-0.05, 0) is 23.8 Å². The summed E-state index contributed by atoms with van der Waals surface area (Å²) >= 11 is 11.4. The Hall–Kier alpha value is -1.25. The SMILES string of the molecule is Nc1ccccc1-c1cc(Cl)c(F)c(Cl)c1. The molecule has 82 valence electrons. The summed E-state index contributed by atoms with van der Waals surface area (Å²) in [6, 6.07) is 10.3. The third-order valence-electron chi connectivity index (χ3n) is 2.26. The van der Waals surface area contributed by atoms with Gasteiger partial charge in [-0.3, -0.25) is 0 Å². The van der Waals surface area contributed by atoms with Crippen LogP contribution in [0.1, 0.15) is 0 Å². The summed E-state index contributed by atoms with van der Waals surface area (Å²) in [7, 11) is 0. The fourth-order valence-electron chi connectivity index (χ4n) is 1.47. The second kappa shape index (κ2) is 4.32. The molecule has 0 bridgehead atoms. The van der Waals surface area contributed by atoms with Crippen LogP contribution in [0.2, 0.25) is 10.0 Å². The van der Waals surface area contributed by atoms with Gasteiger partial charge < -0.3 is 5.73 Å². The fourth-order valence-corrected chi connectivity index (χ4v) is 1.96. The second-order valence-electron chi connectivity index (χ2n) is 3.34. The number of hydrogen-bond acceptors (Lipinski definition) is 1. The second-order valence-corrected chi connectivity index (χ2v) is 4.16. The Morgan fingerprint density at radius 3 is 2.12 bits per heavy atom. The molecule has 2 aromatic carbocycles. The van der Waals surface area contributed by atoms with Crippen LogP contribution in [-0.4, -0.2) is 0 Å². The molecule has 16 heavy (non-hydrogen) atoms. The van der Waals surface area contributed by atoms with Crippen LogP contribution in [-0.2, 0) is 0 Å². The summed E-state index contributed by atoms with van der Waals surface area (Å²) in [6.07, 6.45) is 0. The minimum absolute atomic E-state index is 0.00856. The molecule has 2 N–H and O–H groups in total. The van der Waals surface area contributed by atoms with E-state index in [0.29, 0.717) is 11.3 Å². The molecule has 0 saturated carbocycles. The summed E-state index contributed by atoms with van der Waals surface area (Å²) in [5.41, 5.74) is 7.90. The maximum Gasteiger partial charge on any atom is 0.160 e. The van der Waals surface area contributed by atoms with Gasteiger partial charge in [-0.1, -0.05) is 41.4 Å². The standard InChI is InChI=1S/C12H8Cl2FN/c13-9-5-7(6-10(14)12(9)15)8-3-1-2-4-11(8)16/h1-6H,16H2. The molecule has 2 rings (SSSR count). The van der Waals surface area contributed by atoms with E-state index in [4.69, 9.17) is 28.9 Å². The van der Waals surface area contributed by atoms with E-state index in [-0.39, 0.29) is 10.0 Å². The van der Waals surface area contributed by atoms with E-state index in [0.717, 1.165) is 5.56 Å². The Balaban J connectivity index is 2.62. The number of nitrogen functional groups attached to an aromatic ring is 1. The van der Waals surface area contributed by atoms with Crippen molar-refractivity contribution < 1.29 is 4.39 Å². The molecule has 0 aliphatic rings. The maximum absolute atomic E-state index is 13.2. The predicted molar refractivity (Wildman–Crippen MR) is 66.3 cm³/mol. The quantitative estimate of drug-likeness (QED) is 0.594. The molecule has 0 fully saturated rings. The van der Waals surface area contributed by atoms with Gasteiger partial charge in [-0.2, -0.15) is 0 Å². The molecule has 0 saturated heterocycles. The first-order valence-corrected chi connectivity index (χ1v) is 5.34. The van der Waals surface area contributed by atoms with Crippen LogP contribution in [0.5, 0.6) is 0 Å². The lowest BCUT2D eigenvalue weighted by Crippen LogP contribution is -1.90. The van der Waals surface area contributed by atoms with Crippen LogP contribution < -0.4 is 5.73 Å². The summed E-state index contributed by atoms with van der Waals surface area (Å²) in [5, 5.41) is -0.0171. The van der Waals surface area contributed by atoms with Crippen LogP contribution >= 0.6 is 23.2 Å². The van der Waals surface area contributed by atoms with E-state index in [9.17, 15) is 4.39 Å². The Labute approximate surface area is 103 Å². The van der Waals surface area contributed by atoms with Crippen molar-refractivity contribution in [2.24, 2.45) is 0 Å². The predicted octanol–water partition coefficient (Wildman–Crippen LogP) is 4.38. The van der Waals surface area contributed by atoms with E-state index in [1.54, 1.807) is 6.07 Å². The van der Waals surface area contributed by atoms with Crippen molar-refractivity contribution in [1.82, 2.24) is 0 Å². The first kappa shape index (κ1) is 11.2. The first-order valence-electron chi connectivity index (χ1n) is 4.59. The number of para-hydroxylation sites is 1. The van der Waals surface area contributed by atoms with Gasteiger partial charge in [0.25, 0.3) is 0 Å². The lowest BCUT2D eigenvalue weighted by molar-refractivity contribution is 0.629. The molecule has 2 aromatic rings. The van der Waals surface area contributed by atoms with Crippen molar-refractivity contribution in [1.29, 1.82) is 0 Å². The van der Waals surface area contributed by atoms with Crippen LogP contribution in [0.25, 0.3) is 11.1 Å². The van der Waals surface area contributed by atoms with Gasteiger partial charge in [0, 0.05) is 11.3 Å². The summed E-state index contributed by atoms with van der Waals surface area (Å²) in [4.78, 5) is 0. The van der Waals surface area contributed by atoms with Crippen molar-refractivity contribution >= 4 is 28.9 Å². The molecule has 0 aromatic heterocycles. The Kier molecular flexibility index (Phi) is 3.03. The van der Waals surface area contributed by atoms with Crippen molar-refractivity contribution in [3.05, 3.63) is 52.3 Å². The number of rotatable bonds is 1. The average Bonchev–Trinajstić information content (AvgIpc) is 2.26. The summed E-state index contributed by atoms with van der Waals surface area (Å²) < 4.78 is 13.2. The van der Waals surface area contributed by atoms with Gasteiger partial charge in [0.1, 0.15) is 0 Å². The van der Waals surface area contributed by atoms with E-state index >= 15 is 0 Å². The van der Waals surface area contributed by atoms with Gasteiger partial charge in [-0.25, -0.2) is 4.39 Å². The van der Waals surface area contributed by atoms with E-state index in [1.807, 2.05) is 18.2 Å². The zero-order valence-electron chi connectivity index (χ0n) is 8.18. The largest absolute Gasteiger partial charge is 0.398 e. The van der Waals surface area contributed by atoms with E-state index in [1.165, 1.54) is 12.1 Å². The smallest absolute Gasteiger partial charge is 0.160 e. The lowest BCUT2D eigenvalue weighted by Gasteiger charge is -2.07. The Bertz CT molecular complexity index is 517. The number of anilines is 1.